The highest BCUT2D eigenvalue weighted by Crippen LogP contribution is 2.19. The normalized spacial score (nSPS) is 12.2. The van der Waals surface area contributed by atoms with Crippen LogP contribution in [-0.2, 0) is 6.42 Å². The van der Waals surface area contributed by atoms with Gasteiger partial charge in [-0.25, -0.2) is 9.78 Å². The van der Waals surface area contributed by atoms with Gasteiger partial charge in [0, 0.05) is 25.1 Å². The lowest BCUT2D eigenvalue weighted by Crippen LogP contribution is -2.38. The molecule has 25 heavy (non-hydrogen) atoms. The molecular formula is C19H27N3O3. The molecule has 1 aromatic carbocycles. The van der Waals surface area contributed by atoms with E-state index >= 15 is 0 Å². The van der Waals surface area contributed by atoms with E-state index in [1.165, 1.54) is 5.56 Å². The molecule has 6 heteroatoms. The first-order valence-corrected chi connectivity index (χ1v) is 8.67. The number of aliphatic hydroxyl groups is 1. The lowest BCUT2D eigenvalue weighted by Gasteiger charge is -2.14. The number of hydrogen-bond acceptors (Lipinski definition) is 4. The van der Waals surface area contributed by atoms with Gasteiger partial charge >= 0.3 is 6.03 Å². The van der Waals surface area contributed by atoms with Crippen molar-refractivity contribution in [2.45, 2.75) is 39.7 Å². The van der Waals surface area contributed by atoms with Gasteiger partial charge in [-0.15, -0.1) is 0 Å². The predicted octanol–water partition coefficient (Wildman–Crippen LogP) is 2.90. The van der Waals surface area contributed by atoms with Crippen LogP contribution in [0.2, 0.25) is 0 Å². The summed E-state index contributed by atoms with van der Waals surface area (Å²) < 4.78 is 5.49. The van der Waals surface area contributed by atoms with E-state index in [-0.39, 0.29) is 11.9 Å². The minimum absolute atomic E-state index is 0.194. The average Bonchev–Trinajstić information content (AvgIpc) is 3.04. The number of aliphatic hydroxyl groups excluding tert-OH is 1. The second-order valence-corrected chi connectivity index (χ2v) is 6.54. The van der Waals surface area contributed by atoms with Crippen LogP contribution in [0.25, 0.3) is 11.5 Å². The molecule has 1 atom stereocenters. The minimum Gasteiger partial charge on any atom is -0.444 e. The predicted molar refractivity (Wildman–Crippen MR) is 97.2 cm³/mol. The minimum atomic E-state index is -0.393. The molecular weight excluding hydrogens is 318 g/mol. The molecule has 0 saturated heterocycles. The van der Waals surface area contributed by atoms with Crippen LogP contribution in [-0.4, -0.2) is 35.3 Å². The highest BCUT2D eigenvalue weighted by molar-refractivity contribution is 5.73. The van der Waals surface area contributed by atoms with Crippen molar-refractivity contribution in [1.29, 1.82) is 0 Å². The Labute approximate surface area is 148 Å². The molecule has 0 spiro atoms. The van der Waals surface area contributed by atoms with Gasteiger partial charge in [-0.05, 0) is 31.4 Å². The summed E-state index contributed by atoms with van der Waals surface area (Å²) in [6.07, 6.45) is 2.37. The van der Waals surface area contributed by atoms with Gasteiger partial charge in [0.25, 0.3) is 0 Å². The van der Waals surface area contributed by atoms with Crippen molar-refractivity contribution in [2.24, 2.45) is 5.92 Å². The molecule has 2 aromatic rings. The smallest absolute Gasteiger partial charge is 0.314 e. The lowest BCUT2D eigenvalue weighted by atomic mass is 10.0. The molecule has 1 heterocycles. The number of nitrogens with one attached hydrogen (secondary N) is 2. The molecule has 0 bridgehead atoms. The molecule has 0 aliphatic rings. The molecule has 1 aromatic heterocycles. The summed E-state index contributed by atoms with van der Waals surface area (Å²) in [4.78, 5) is 16.1. The molecule has 0 saturated carbocycles. The number of rotatable bonds is 8. The first-order valence-electron chi connectivity index (χ1n) is 8.67. The molecule has 1 unspecified atom stereocenters. The number of nitrogens with zero attached hydrogens (tertiary/aromatic N) is 1. The molecule has 0 radical (unpaired) electrons. The number of aryl methyl sites for hydroxylation is 1. The van der Waals surface area contributed by atoms with E-state index in [0.29, 0.717) is 31.8 Å². The second kappa shape index (κ2) is 9.22. The third-order valence-electron chi connectivity index (χ3n) is 4.01. The summed E-state index contributed by atoms with van der Waals surface area (Å²) in [5.41, 5.74) is 2.92. The average molecular weight is 345 g/mol. The maximum atomic E-state index is 11.7. The molecule has 2 amide bonds. The Bertz CT molecular complexity index is 665. The SMILES string of the molecule is Cc1ccc(-c2nc(CCNC(=O)NCCC(O)C(C)C)co2)cc1. The van der Waals surface area contributed by atoms with E-state index in [1.54, 1.807) is 6.26 Å². The lowest BCUT2D eigenvalue weighted by molar-refractivity contribution is 0.116. The number of amides is 2. The number of aromatic nitrogens is 1. The van der Waals surface area contributed by atoms with Crippen molar-refractivity contribution in [3.63, 3.8) is 0 Å². The van der Waals surface area contributed by atoms with Gasteiger partial charge in [0.05, 0.1) is 11.8 Å². The summed E-state index contributed by atoms with van der Waals surface area (Å²) in [6, 6.07) is 7.74. The fraction of sp³-hybridized carbons (Fsp3) is 0.474. The van der Waals surface area contributed by atoms with Gasteiger partial charge in [0.15, 0.2) is 0 Å². The quantitative estimate of drug-likeness (QED) is 0.686. The van der Waals surface area contributed by atoms with Crippen molar-refractivity contribution in [1.82, 2.24) is 15.6 Å². The van der Waals surface area contributed by atoms with E-state index in [1.807, 2.05) is 45.0 Å². The monoisotopic (exact) mass is 345 g/mol. The fourth-order valence-electron chi connectivity index (χ4n) is 2.28. The largest absolute Gasteiger partial charge is 0.444 e. The summed E-state index contributed by atoms with van der Waals surface area (Å²) in [6.45, 7) is 6.86. The second-order valence-electron chi connectivity index (χ2n) is 6.54. The van der Waals surface area contributed by atoms with Gasteiger partial charge in [0.1, 0.15) is 6.26 Å². The zero-order valence-corrected chi connectivity index (χ0v) is 15.1. The zero-order chi connectivity index (χ0) is 18.2. The summed E-state index contributed by atoms with van der Waals surface area (Å²) in [5.74, 6) is 0.780. The van der Waals surface area contributed by atoms with Crippen LogP contribution in [0.5, 0.6) is 0 Å². The number of benzene rings is 1. The third kappa shape index (κ3) is 6.23. The van der Waals surface area contributed by atoms with Crippen LogP contribution in [0.1, 0.15) is 31.5 Å². The fourth-order valence-corrected chi connectivity index (χ4v) is 2.28. The number of carbonyl (C=O) groups is 1. The maximum absolute atomic E-state index is 11.7. The Morgan fingerprint density at radius 1 is 1.20 bits per heavy atom. The van der Waals surface area contributed by atoms with Crippen LogP contribution >= 0.6 is 0 Å². The Morgan fingerprint density at radius 2 is 1.88 bits per heavy atom. The van der Waals surface area contributed by atoms with E-state index in [9.17, 15) is 9.90 Å². The first kappa shape index (κ1) is 19.0. The maximum Gasteiger partial charge on any atom is 0.314 e. The Kier molecular flexibility index (Phi) is 7.01. The van der Waals surface area contributed by atoms with Crippen LogP contribution in [0.15, 0.2) is 34.9 Å². The topological polar surface area (TPSA) is 87.4 Å². The highest BCUT2D eigenvalue weighted by atomic mass is 16.3. The van der Waals surface area contributed by atoms with Gasteiger partial charge in [-0.2, -0.15) is 0 Å². The van der Waals surface area contributed by atoms with Crippen LogP contribution in [0, 0.1) is 12.8 Å². The van der Waals surface area contributed by atoms with E-state index in [0.717, 1.165) is 11.3 Å². The Balaban J connectivity index is 1.70. The summed E-state index contributed by atoms with van der Waals surface area (Å²) >= 11 is 0. The van der Waals surface area contributed by atoms with Gasteiger partial charge < -0.3 is 20.2 Å². The summed E-state index contributed by atoms with van der Waals surface area (Å²) in [5, 5.41) is 15.2. The Hall–Kier alpha value is -2.34. The molecule has 3 N–H and O–H groups in total. The highest BCUT2D eigenvalue weighted by Gasteiger charge is 2.10. The molecule has 2 rings (SSSR count). The first-order chi connectivity index (χ1) is 12.0. The number of urea groups is 1. The van der Waals surface area contributed by atoms with E-state index in [4.69, 9.17) is 4.42 Å². The Morgan fingerprint density at radius 3 is 2.56 bits per heavy atom. The number of carbonyl (C=O) groups excluding carboxylic acids is 1. The zero-order valence-electron chi connectivity index (χ0n) is 15.1. The van der Waals surface area contributed by atoms with Crippen molar-refractivity contribution < 1.29 is 14.3 Å². The van der Waals surface area contributed by atoms with Crippen molar-refractivity contribution in [2.75, 3.05) is 13.1 Å². The molecule has 0 aliphatic carbocycles. The van der Waals surface area contributed by atoms with Gasteiger partial charge in [-0.1, -0.05) is 31.5 Å². The molecule has 0 fully saturated rings. The molecule has 0 aliphatic heterocycles. The number of hydrogen-bond donors (Lipinski definition) is 3. The van der Waals surface area contributed by atoms with Crippen molar-refractivity contribution >= 4 is 6.03 Å². The van der Waals surface area contributed by atoms with Crippen molar-refractivity contribution in [3.8, 4) is 11.5 Å². The number of oxazole rings is 1. The molecule has 136 valence electrons. The van der Waals surface area contributed by atoms with Crippen LogP contribution < -0.4 is 10.6 Å². The van der Waals surface area contributed by atoms with Crippen LogP contribution in [0.4, 0.5) is 4.79 Å². The molecule has 6 nitrogen and oxygen atoms in total. The van der Waals surface area contributed by atoms with Crippen molar-refractivity contribution in [3.05, 3.63) is 41.8 Å². The summed E-state index contributed by atoms with van der Waals surface area (Å²) in [7, 11) is 0. The van der Waals surface area contributed by atoms with Gasteiger partial charge in [0.2, 0.25) is 5.89 Å². The van der Waals surface area contributed by atoms with E-state index in [2.05, 4.69) is 15.6 Å². The van der Waals surface area contributed by atoms with Crippen LogP contribution in [0.3, 0.4) is 0 Å². The van der Waals surface area contributed by atoms with E-state index < -0.39 is 6.10 Å². The standard InChI is InChI=1S/C19H27N3O3/c1-13(2)17(23)9-11-21-19(24)20-10-8-16-12-25-18(22-16)15-6-4-14(3)5-7-15/h4-7,12-13,17,23H,8-11H2,1-3H3,(H2,20,21,24). The third-order valence-corrected chi connectivity index (χ3v) is 4.01. The van der Waals surface area contributed by atoms with Gasteiger partial charge in [-0.3, -0.25) is 0 Å².